The average molecular weight is 572 g/mol. The summed E-state index contributed by atoms with van der Waals surface area (Å²) in [4.78, 5) is 42.6. The van der Waals surface area contributed by atoms with E-state index in [1.165, 1.54) is 42.9 Å². The maximum Gasteiger partial charge on any atom is 0.295 e. The molecular formula is C31H29F2N6O3+. The number of aromatic amines is 1. The summed E-state index contributed by atoms with van der Waals surface area (Å²) in [6.07, 6.45) is 5.16. The number of nitrogens with one attached hydrogen (secondary N) is 2. The molecule has 9 nitrogen and oxygen atoms in total. The number of methoxy groups -OCH3 is 1. The number of fused-ring (bicyclic) bond motifs is 1. The zero-order valence-corrected chi connectivity index (χ0v) is 23.1. The first kappa shape index (κ1) is 28.3. The maximum absolute atomic E-state index is 14.2. The molecule has 4 aromatic rings. The van der Waals surface area contributed by atoms with Crippen LogP contribution in [0.5, 0.6) is 5.75 Å². The standard InChI is InChI=1S/C31H28F2N6O3/c1-18(34)37-17-38-30-28-27(25(42-2)16-36-30)24(15-35-28)29(40)31(41)39-10-8-20(9-11-39)26(19-6-4-3-5-7-19)21-12-22(32)14-23(33)13-21/h3-7,12-17,35H,8-11H2,1-2H3,(H2,34,36,37,38)/p+1. The highest BCUT2D eigenvalue weighted by molar-refractivity contribution is 6.45. The van der Waals surface area contributed by atoms with Crippen LogP contribution in [0, 0.1) is 11.6 Å². The van der Waals surface area contributed by atoms with Gasteiger partial charge in [0.25, 0.3) is 17.5 Å². The fourth-order valence-electron chi connectivity index (χ4n) is 5.12. The number of amidine groups is 1. The van der Waals surface area contributed by atoms with Gasteiger partial charge in [-0.1, -0.05) is 40.9 Å². The number of aromatic nitrogens is 2. The normalized spacial score (nSPS) is 14.0. The summed E-state index contributed by atoms with van der Waals surface area (Å²) in [5.41, 5.74) is 9.11. The van der Waals surface area contributed by atoms with Crippen molar-refractivity contribution < 1.29 is 28.1 Å². The lowest BCUT2D eigenvalue weighted by Crippen LogP contribution is -2.62. The number of hydrogen-bond acceptors (Lipinski definition) is 4. The van der Waals surface area contributed by atoms with Crippen molar-refractivity contribution >= 4 is 46.2 Å². The van der Waals surface area contributed by atoms with E-state index in [0.717, 1.165) is 22.8 Å². The number of nitrogens with zero attached hydrogens (tertiary/aromatic N) is 3. The highest BCUT2D eigenvalue weighted by atomic mass is 19.1. The van der Waals surface area contributed by atoms with Crippen LogP contribution in [0.15, 0.2) is 71.5 Å². The minimum Gasteiger partial charge on any atom is -0.493 e. The number of amides is 1. The van der Waals surface area contributed by atoms with E-state index in [1.54, 1.807) is 6.92 Å². The van der Waals surface area contributed by atoms with Gasteiger partial charge in [0.1, 0.15) is 23.3 Å². The predicted octanol–water partition coefficient (Wildman–Crippen LogP) is 3.27. The summed E-state index contributed by atoms with van der Waals surface area (Å²) in [5, 5.41) is 0.410. The largest absolute Gasteiger partial charge is 0.493 e. The number of likely N-dealkylation sites (tertiary alicyclic amines) is 1. The molecule has 3 heterocycles. The number of piperidine rings is 1. The topological polar surface area (TPSA) is 128 Å². The number of rotatable bonds is 7. The second kappa shape index (κ2) is 12.1. The van der Waals surface area contributed by atoms with Gasteiger partial charge in [0.2, 0.25) is 6.34 Å². The number of carbonyl (C=O) groups excluding carboxylic acids is 2. The van der Waals surface area contributed by atoms with Crippen molar-refractivity contribution in [2.75, 3.05) is 20.2 Å². The highest BCUT2D eigenvalue weighted by Crippen LogP contribution is 2.34. The van der Waals surface area contributed by atoms with Gasteiger partial charge in [0, 0.05) is 32.3 Å². The molecule has 0 bridgehead atoms. The number of aliphatic imine (C=N–C) groups is 1. The summed E-state index contributed by atoms with van der Waals surface area (Å²) >= 11 is 0. The van der Waals surface area contributed by atoms with Gasteiger partial charge >= 0.3 is 0 Å². The van der Waals surface area contributed by atoms with Crippen molar-refractivity contribution in [2.24, 2.45) is 10.7 Å². The van der Waals surface area contributed by atoms with Gasteiger partial charge in [0.05, 0.1) is 18.1 Å². The van der Waals surface area contributed by atoms with Gasteiger partial charge in [-0.2, -0.15) is 0 Å². The molecule has 1 aliphatic heterocycles. The number of hydrogen-bond donors (Lipinski definition) is 3. The van der Waals surface area contributed by atoms with E-state index in [2.05, 4.69) is 20.0 Å². The molecule has 5 rings (SSSR count). The molecule has 1 fully saturated rings. The molecule has 0 saturated carbocycles. The zero-order chi connectivity index (χ0) is 29.8. The Bertz CT molecular complexity index is 1730. The second-order valence-electron chi connectivity index (χ2n) is 9.80. The number of carbonyl (C=O) groups is 2. The first-order valence-electron chi connectivity index (χ1n) is 13.3. The number of Topliss-reactive ketones (excluding diaryl/α,β-unsaturated/α-hetero) is 1. The van der Waals surface area contributed by atoms with E-state index >= 15 is 0 Å². The molecule has 1 amide bonds. The second-order valence-corrected chi connectivity index (χ2v) is 9.80. The Morgan fingerprint density at radius 3 is 2.43 bits per heavy atom. The molecule has 1 saturated heterocycles. The third-order valence-electron chi connectivity index (χ3n) is 7.02. The van der Waals surface area contributed by atoms with Crippen LogP contribution in [0.2, 0.25) is 0 Å². The molecule has 4 N–H and O–H groups in total. The molecular weight excluding hydrogens is 542 g/mol. The molecule has 2 aromatic heterocycles. The van der Waals surface area contributed by atoms with Gasteiger partial charge in [-0.3, -0.25) is 9.59 Å². The van der Waals surface area contributed by atoms with Gasteiger partial charge in [-0.25, -0.2) is 13.8 Å². The quantitative estimate of drug-likeness (QED) is 0.136. The lowest BCUT2D eigenvalue weighted by Gasteiger charge is -2.30. The molecule has 0 aliphatic carbocycles. The fraction of sp³-hybridized carbons (Fsp3) is 0.194. The Morgan fingerprint density at radius 2 is 1.79 bits per heavy atom. The highest BCUT2D eigenvalue weighted by Gasteiger charge is 2.31. The van der Waals surface area contributed by atoms with Crippen LogP contribution >= 0.6 is 0 Å². The van der Waals surface area contributed by atoms with E-state index in [9.17, 15) is 18.4 Å². The number of H-pyrrole nitrogens is 1. The van der Waals surface area contributed by atoms with Crippen molar-refractivity contribution in [3.05, 3.63) is 94.8 Å². The fourth-order valence-corrected chi connectivity index (χ4v) is 5.12. The molecule has 0 atom stereocenters. The first-order valence-corrected chi connectivity index (χ1v) is 13.3. The Hall–Kier alpha value is -5.19. The van der Waals surface area contributed by atoms with Crippen LogP contribution in [0.1, 0.15) is 41.3 Å². The van der Waals surface area contributed by atoms with Crippen LogP contribution in [-0.2, 0) is 4.79 Å². The summed E-state index contributed by atoms with van der Waals surface area (Å²) in [7, 11) is 1.45. The van der Waals surface area contributed by atoms with E-state index in [4.69, 9.17) is 10.5 Å². The number of ketones is 1. The third kappa shape index (κ3) is 5.80. The molecule has 42 heavy (non-hydrogen) atoms. The first-order chi connectivity index (χ1) is 20.3. The molecule has 214 valence electrons. The average Bonchev–Trinajstić information content (AvgIpc) is 3.43. The molecule has 11 heteroatoms. The summed E-state index contributed by atoms with van der Waals surface area (Å²) in [6.45, 7) is 2.18. The van der Waals surface area contributed by atoms with Crippen molar-refractivity contribution in [3.8, 4) is 5.75 Å². The van der Waals surface area contributed by atoms with Gasteiger partial charge < -0.3 is 20.4 Å². The number of ether oxygens (including phenoxy) is 1. The third-order valence-corrected chi connectivity index (χ3v) is 7.02. The van der Waals surface area contributed by atoms with E-state index < -0.39 is 23.3 Å². The minimum atomic E-state index is -0.695. The van der Waals surface area contributed by atoms with E-state index in [0.29, 0.717) is 46.7 Å². The van der Waals surface area contributed by atoms with Crippen molar-refractivity contribution in [1.82, 2.24) is 14.9 Å². The lowest BCUT2D eigenvalue weighted by molar-refractivity contribution is -0.351. The number of nitrogens with two attached hydrogens (primary N) is 1. The number of pyridine rings is 1. The van der Waals surface area contributed by atoms with Crippen LogP contribution in [-0.4, -0.2) is 58.9 Å². The minimum absolute atomic E-state index is 0.150. The van der Waals surface area contributed by atoms with Gasteiger partial charge in [0.15, 0.2) is 11.6 Å². The summed E-state index contributed by atoms with van der Waals surface area (Å²) in [6, 6.07) is 12.8. The van der Waals surface area contributed by atoms with E-state index in [1.807, 2.05) is 30.3 Å². The van der Waals surface area contributed by atoms with Crippen molar-refractivity contribution in [2.45, 2.75) is 19.8 Å². The summed E-state index contributed by atoms with van der Waals surface area (Å²) < 4.78 is 33.8. The monoisotopic (exact) mass is 571 g/mol. The van der Waals surface area contributed by atoms with Crippen LogP contribution < -0.4 is 15.5 Å². The van der Waals surface area contributed by atoms with Crippen LogP contribution in [0.3, 0.4) is 0 Å². The van der Waals surface area contributed by atoms with E-state index in [-0.39, 0.29) is 18.7 Å². The van der Waals surface area contributed by atoms with Gasteiger partial charge in [-0.15, -0.1) is 4.98 Å². The Kier molecular flexibility index (Phi) is 8.19. The predicted molar refractivity (Wildman–Crippen MR) is 156 cm³/mol. The molecule has 1 aliphatic rings. The zero-order valence-electron chi connectivity index (χ0n) is 23.1. The van der Waals surface area contributed by atoms with Crippen molar-refractivity contribution in [3.63, 3.8) is 0 Å². The Labute approximate surface area is 240 Å². The summed E-state index contributed by atoms with van der Waals surface area (Å²) in [5.74, 6) is -1.64. The lowest BCUT2D eigenvalue weighted by atomic mass is 9.88. The molecule has 2 aromatic carbocycles. The molecule has 0 radical (unpaired) electrons. The molecule has 0 spiro atoms. The SMILES string of the molecule is COc1cnc([NH+]=CN=C(C)N)c2[nH]cc(C(=O)C(=O)N3CCC(=C(c4ccccc4)c4cc(F)cc(F)c4)CC3)c12. The maximum atomic E-state index is 14.2. The van der Waals surface area contributed by atoms with Crippen LogP contribution in [0.4, 0.5) is 14.6 Å². The Balaban J connectivity index is 1.42. The van der Waals surface area contributed by atoms with Crippen LogP contribution in [0.25, 0.3) is 16.5 Å². The van der Waals surface area contributed by atoms with Crippen molar-refractivity contribution in [1.29, 1.82) is 0 Å². The smallest absolute Gasteiger partial charge is 0.295 e. The number of benzene rings is 2. The van der Waals surface area contributed by atoms with Gasteiger partial charge in [-0.05, 0) is 41.7 Å². The number of halogens is 2. The molecule has 0 unspecified atom stereocenters. The Morgan fingerprint density at radius 1 is 1.10 bits per heavy atom.